The predicted octanol–water partition coefficient (Wildman–Crippen LogP) is 3.03. The molecule has 0 radical (unpaired) electrons. The monoisotopic (exact) mass is 250 g/mol. The molecule has 0 spiro atoms. The normalized spacial score (nSPS) is 19.6. The van der Waals surface area contributed by atoms with Gasteiger partial charge in [-0.25, -0.2) is 0 Å². The van der Waals surface area contributed by atoms with Crippen LogP contribution in [-0.2, 0) is 5.60 Å². The van der Waals surface area contributed by atoms with E-state index in [2.05, 4.69) is 23.5 Å². The minimum absolute atomic E-state index is 0.453. The zero-order valence-corrected chi connectivity index (χ0v) is 10.7. The number of benzene rings is 2. The number of rotatable bonds is 2. The fourth-order valence-corrected chi connectivity index (χ4v) is 2.59. The van der Waals surface area contributed by atoms with Crippen molar-refractivity contribution in [2.45, 2.75) is 12.5 Å². The molecule has 0 saturated carbocycles. The number of nitriles is 1. The fraction of sp³-hybridized carbons (Fsp3) is 0.188. The van der Waals surface area contributed by atoms with Crippen molar-refractivity contribution in [3.8, 4) is 23.1 Å². The van der Waals surface area contributed by atoms with Crippen molar-refractivity contribution >= 4 is 0 Å². The summed E-state index contributed by atoms with van der Waals surface area (Å²) < 4.78 is 6.13. The third-order valence-corrected chi connectivity index (χ3v) is 3.51. The van der Waals surface area contributed by atoms with Crippen LogP contribution in [0.5, 0.6) is 5.75 Å². The molecule has 1 aliphatic rings. The summed E-state index contributed by atoms with van der Waals surface area (Å²) in [7, 11) is 0. The molecule has 19 heavy (non-hydrogen) atoms. The van der Waals surface area contributed by atoms with E-state index in [9.17, 15) is 0 Å². The van der Waals surface area contributed by atoms with Crippen molar-refractivity contribution in [1.29, 1.82) is 5.26 Å². The van der Waals surface area contributed by atoms with Crippen molar-refractivity contribution in [2.24, 2.45) is 0 Å². The van der Waals surface area contributed by atoms with Gasteiger partial charge in [0.1, 0.15) is 11.4 Å². The lowest BCUT2D eigenvalue weighted by atomic mass is 9.85. The van der Waals surface area contributed by atoms with Crippen LogP contribution in [-0.4, -0.2) is 6.54 Å². The molecule has 3 rings (SSSR count). The van der Waals surface area contributed by atoms with E-state index in [0.29, 0.717) is 6.54 Å². The molecule has 1 atom stereocenters. The van der Waals surface area contributed by atoms with E-state index < -0.39 is 5.60 Å². The van der Waals surface area contributed by atoms with E-state index in [1.165, 1.54) is 5.56 Å². The lowest BCUT2D eigenvalue weighted by Crippen LogP contribution is -2.41. The van der Waals surface area contributed by atoms with Crippen molar-refractivity contribution in [3.05, 3.63) is 54.1 Å². The molecule has 1 unspecified atom stereocenters. The average molecular weight is 250 g/mol. The van der Waals surface area contributed by atoms with Gasteiger partial charge in [0.15, 0.2) is 6.19 Å². The van der Waals surface area contributed by atoms with Gasteiger partial charge in [-0.15, -0.1) is 0 Å². The minimum Gasteiger partial charge on any atom is -0.480 e. The van der Waals surface area contributed by atoms with Crippen molar-refractivity contribution in [3.63, 3.8) is 0 Å². The first-order valence-electron chi connectivity index (χ1n) is 6.24. The van der Waals surface area contributed by atoms with Gasteiger partial charge >= 0.3 is 0 Å². The smallest absolute Gasteiger partial charge is 0.176 e. The third-order valence-electron chi connectivity index (χ3n) is 3.51. The number of para-hydroxylation sites is 1. The summed E-state index contributed by atoms with van der Waals surface area (Å²) >= 11 is 0. The highest BCUT2D eigenvalue weighted by atomic mass is 16.5. The minimum atomic E-state index is -0.527. The predicted molar refractivity (Wildman–Crippen MR) is 73.5 cm³/mol. The maximum Gasteiger partial charge on any atom is 0.176 e. The van der Waals surface area contributed by atoms with Gasteiger partial charge in [0, 0.05) is 11.1 Å². The molecule has 2 aromatic carbocycles. The van der Waals surface area contributed by atoms with Crippen LogP contribution in [0.3, 0.4) is 0 Å². The quantitative estimate of drug-likeness (QED) is 0.658. The summed E-state index contributed by atoms with van der Waals surface area (Å²) in [6.45, 7) is 2.46. The molecule has 1 N–H and O–H groups in total. The average Bonchev–Trinajstić information content (AvgIpc) is 2.46. The summed E-state index contributed by atoms with van der Waals surface area (Å²) in [4.78, 5) is 0. The van der Waals surface area contributed by atoms with Crippen molar-refractivity contribution < 1.29 is 4.74 Å². The molecule has 2 aromatic rings. The van der Waals surface area contributed by atoms with Crippen LogP contribution in [0, 0.1) is 11.5 Å². The van der Waals surface area contributed by atoms with Gasteiger partial charge in [-0.2, -0.15) is 5.26 Å². The molecule has 0 amide bonds. The van der Waals surface area contributed by atoms with Gasteiger partial charge in [0.05, 0.1) is 6.54 Å². The van der Waals surface area contributed by atoms with E-state index >= 15 is 0 Å². The number of ether oxygens (including phenoxy) is 1. The summed E-state index contributed by atoms with van der Waals surface area (Å²) in [5.74, 6) is 0.864. The molecule has 0 aliphatic carbocycles. The van der Waals surface area contributed by atoms with Crippen molar-refractivity contribution in [1.82, 2.24) is 5.32 Å². The number of nitrogens with one attached hydrogen (secondary N) is 1. The highest BCUT2D eigenvalue weighted by Crippen LogP contribution is 2.44. The number of nitrogens with zero attached hydrogens (tertiary/aromatic N) is 1. The van der Waals surface area contributed by atoms with Gasteiger partial charge in [-0.3, -0.25) is 0 Å². The molecule has 0 aromatic heterocycles. The topological polar surface area (TPSA) is 45.0 Å². The second-order valence-corrected chi connectivity index (χ2v) is 4.84. The first-order chi connectivity index (χ1) is 9.24. The summed E-state index contributed by atoms with van der Waals surface area (Å²) in [6, 6.07) is 16.2. The summed E-state index contributed by atoms with van der Waals surface area (Å²) in [6.07, 6.45) is 1.96. The molecule has 1 heterocycles. The third kappa shape index (κ3) is 1.82. The van der Waals surface area contributed by atoms with Gasteiger partial charge in [0.25, 0.3) is 0 Å². The maximum absolute atomic E-state index is 8.74. The lowest BCUT2D eigenvalue weighted by molar-refractivity contribution is 0.0875. The van der Waals surface area contributed by atoms with Crippen molar-refractivity contribution in [2.75, 3.05) is 6.54 Å². The zero-order valence-electron chi connectivity index (χ0n) is 10.7. The molecule has 0 fully saturated rings. The first kappa shape index (κ1) is 11.6. The lowest BCUT2D eigenvalue weighted by Gasteiger charge is -2.37. The molecular weight excluding hydrogens is 236 g/mol. The Labute approximate surface area is 112 Å². The number of hydrogen-bond donors (Lipinski definition) is 1. The van der Waals surface area contributed by atoms with Crippen LogP contribution in [0.1, 0.15) is 12.5 Å². The van der Waals surface area contributed by atoms with E-state index in [-0.39, 0.29) is 0 Å². The van der Waals surface area contributed by atoms with Gasteiger partial charge in [-0.1, -0.05) is 42.5 Å². The van der Waals surface area contributed by atoms with E-state index in [0.717, 1.165) is 16.9 Å². The first-order valence-corrected chi connectivity index (χ1v) is 6.24. The Morgan fingerprint density at radius 2 is 1.79 bits per heavy atom. The molecule has 0 saturated heterocycles. The van der Waals surface area contributed by atoms with E-state index in [1.54, 1.807) is 0 Å². The Balaban J connectivity index is 2.17. The van der Waals surface area contributed by atoms with E-state index in [4.69, 9.17) is 10.00 Å². The Hall–Kier alpha value is -2.47. The molecular formula is C16H14N2O. The molecule has 94 valence electrons. The summed E-state index contributed by atoms with van der Waals surface area (Å²) in [5, 5.41) is 11.4. The van der Waals surface area contributed by atoms with E-state index in [1.807, 2.05) is 43.4 Å². The Bertz CT molecular complexity index is 660. The van der Waals surface area contributed by atoms with Crippen LogP contribution < -0.4 is 10.1 Å². The highest BCUT2D eigenvalue weighted by Gasteiger charge is 2.36. The zero-order chi connectivity index (χ0) is 13.3. The largest absolute Gasteiger partial charge is 0.480 e. The number of fused-ring (bicyclic) bond motifs is 3. The summed E-state index contributed by atoms with van der Waals surface area (Å²) in [5.41, 5.74) is 2.86. The van der Waals surface area contributed by atoms with Crippen LogP contribution in [0.4, 0.5) is 0 Å². The second-order valence-electron chi connectivity index (χ2n) is 4.84. The van der Waals surface area contributed by atoms with Crippen LogP contribution in [0.25, 0.3) is 11.1 Å². The Morgan fingerprint density at radius 1 is 1.11 bits per heavy atom. The molecule has 3 heteroatoms. The SMILES string of the molecule is CC1(CNC#N)Oc2ccccc2-c2ccccc21. The van der Waals surface area contributed by atoms with Gasteiger partial charge < -0.3 is 10.1 Å². The van der Waals surface area contributed by atoms with Crippen LogP contribution in [0.15, 0.2) is 48.5 Å². The maximum atomic E-state index is 8.74. The Morgan fingerprint density at radius 3 is 2.58 bits per heavy atom. The van der Waals surface area contributed by atoms with Gasteiger partial charge in [0.2, 0.25) is 0 Å². The number of hydrogen-bond acceptors (Lipinski definition) is 3. The van der Waals surface area contributed by atoms with Crippen LogP contribution >= 0.6 is 0 Å². The van der Waals surface area contributed by atoms with Gasteiger partial charge in [-0.05, 0) is 18.6 Å². The Kier molecular flexibility index (Phi) is 2.64. The standard InChI is InChI=1S/C16H14N2O/c1-16(10-18-11-17)14-8-4-2-6-12(14)13-7-3-5-9-15(13)19-16/h2-9,18H,10H2,1H3. The molecule has 3 nitrogen and oxygen atoms in total. The van der Waals surface area contributed by atoms with Crippen LogP contribution in [0.2, 0.25) is 0 Å². The fourth-order valence-electron chi connectivity index (χ4n) is 2.59. The molecule has 1 aliphatic heterocycles. The second kappa shape index (κ2) is 4.33. The highest BCUT2D eigenvalue weighted by molar-refractivity contribution is 5.76. The molecule has 0 bridgehead atoms.